The first-order valence-electron chi connectivity index (χ1n) is 10.2. The molecule has 2 aliphatic heterocycles. The van der Waals surface area contributed by atoms with Crippen LogP contribution in [0, 0.1) is 0 Å². The van der Waals surface area contributed by atoms with Gasteiger partial charge < -0.3 is 34.5 Å². The first-order valence-corrected chi connectivity index (χ1v) is 11.6. The van der Waals surface area contributed by atoms with Crippen LogP contribution < -0.4 is 11.1 Å². The van der Waals surface area contributed by atoms with Crippen LogP contribution in [0.2, 0.25) is 0 Å². The zero-order valence-corrected chi connectivity index (χ0v) is 20.1. The molecule has 15 nitrogen and oxygen atoms in total. The molecule has 0 aliphatic carbocycles. The van der Waals surface area contributed by atoms with Crippen LogP contribution in [-0.4, -0.2) is 81.8 Å². The Morgan fingerprint density at radius 2 is 2.06 bits per heavy atom. The maximum atomic E-state index is 13.0. The summed E-state index contributed by atoms with van der Waals surface area (Å²) in [6.07, 6.45) is -1.19. The zero-order chi connectivity index (χ0) is 26.6. The lowest BCUT2D eigenvalue weighted by Crippen LogP contribution is -2.74. The van der Waals surface area contributed by atoms with E-state index in [1.807, 2.05) is 0 Å². The van der Waals surface area contributed by atoms with Crippen LogP contribution >= 0.6 is 0 Å². The van der Waals surface area contributed by atoms with E-state index < -0.39 is 65.0 Å². The Hall–Kier alpha value is -4.21. The summed E-state index contributed by atoms with van der Waals surface area (Å²) >= 11 is 0. The van der Waals surface area contributed by atoms with E-state index in [0.717, 1.165) is 11.8 Å². The highest BCUT2D eigenvalue weighted by Gasteiger charge is 2.58. The molecule has 3 heterocycles. The van der Waals surface area contributed by atoms with E-state index in [2.05, 4.69) is 15.3 Å². The van der Waals surface area contributed by atoms with E-state index in [1.54, 1.807) is 0 Å². The van der Waals surface area contributed by atoms with Gasteiger partial charge in [-0.2, -0.15) is 0 Å². The molecule has 1 fully saturated rings. The van der Waals surface area contributed by atoms with Gasteiger partial charge in [0.15, 0.2) is 5.76 Å². The molecule has 1 saturated heterocycles. The molecule has 36 heavy (non-hydrogen) atoms. The van der Waals surface area contributed by atoms with Crippen LogP contribution in [0.5, 0.6) is 0 Å². The van der Waals surface area contributed by atoms with Crippen LogP contribution in [0.1, 0.15) is 19.6 Å². The number of hydrogen-bond donors (Lipinski definition) is 2. The fourth-order valence-electron chi connectivity index (χ4n) is 3.49. The molecule has 2 aliphatic rings. The number of hydrogen-bond acceptors (Lipinski definition) is 12. The molecule has 3 N–H and O–H groups in total. The molecule has 1 aromatic rings. The third kappa shape index (κ3) is 5.54. The highest BCUT2D eigenvalue weighted by atomic mass is 32.2. The second-order valence-corrected chi connectivity index (χ2v) is 8.85. The van der Waals surface area contributed by atoms with E-state index in [4.69, 9.17) is 24.4 Å². The van der Waals surface area contributed by atoms with Crippen LogP contribution in [0.3, 0.4) is 0 Å². The van der Waals surface area contributed by atoms with Crippen LogP contribution in [-0.2, 0) is 49.0 Å². The summed E-state index contributed by atoms with van der Waals surface area (Å²) in [5.41, 5.74) is 4.32. The second-order valence-electron chi connectivity index (χ2n) is 7.32. The van der Waals surface area contributed by atoms with Crippen LogP contribution in [0.25, 0.3) is 0 Å². The molecule has 0 aromatic carbocycles. The molecule has 3 amide bonds. The van der Waals surface area contributed by atoms with Gasteiger partial charge in [0.25, 0.3) is 11.8 Å². The van der Waals surface area contributed by atoms with Crippen molar-refractivity contribution in [3.63, 3.8) is 0 Å². The van der Waals surface area contributed by atoms with Gasteiger partial charge in [0, 0.05) is 19.4 Å². The van der Waals surface area contributed by atoms with E-state index in [-0.39, 0.29) is 28.5 Å². The number of carbonyl (C=O) groups excluding carboxylic acids is 5. The fourth-order valence-corrected chi connectivity index (χ4v) is 5.15. The third-order valence-electron chi connectivity index (χ3n) is 4.83. The lowest BCUT2D eigenvalue weighted by Gasteiger charge is -2.49. The average molecular weight is 526 g/mol. The Bertz CT molecular complexity index is 1160. The van der Waals surface area contributed by atoms with Crippen molar-refractivity contribution >= 4 is 46.4 Å². The summed E-state index contributed by atoms with van der Waals surface area (Å²) in [4.78, 5) is 66.5. The maximum absolute atomic E-state index is 13.0. The summed E-state index contributed by atoms with van der Waals surface area (Å²) in [5, 5.41) is 4.86. The van der Waals surface area contributed by atoms with Crippen molar-refractivity contribution in [1.82, 2.24) is 10.2 Å². The molecular formula is C20H22N4O11S. The van der Waals surface area contributed by atoms with Crippen molar-refractivity contribution < 1.29 is 51.6 Å². The van der Waals surface area contributed by atoms with Gasteiger partial charge >= 0.3 is 18.0 Å². The van der Waals surface area contributed by atoms with E-state index in [0.29, 0.717) is 0 Å². The molecule has 1 aromatic heterocycles. The van der Waals surface area contributed by atoms with E-state index in [1.165, 1.54) is 32.4 Å². The normalized spacial score (nSPS) is 22.1. The predicted molar refractivity (Wildman–Crippen MR) is 118 cm³/mol. The maximum Gasteiger partial charge on any atom is 0.404 e. The Morgan fingerprint density at radius 3 is 2.64 bits per heavy atom. The predicted octanol–water partition coefficient (Wildman–Crippen LogP) is -1.15. The summed E-state index contributed by atoms with van der Waals surface area (Å²) in [6, 6.07) is 1.65. The monoisotopic (exact) mass is 526 g/mol. The van der Waals surface area contributed by atoms with Crippen molar-refractivity contribution in [1.29, 1.82) is 0 Å². The standard InChI is InChI=1S/C20H22N4O11S/c1-9(25)34-10(2)35-19(28)15-11(7-33-20(21)29)8-36(30)18-14(17(27)24(15)18)22-16(26)13(23-31-3)12-5-4-6-32-12/h4-6,10,14,18H,7-8H2,1-3H3,(H2,21,29)(H,22,26)/b23-13-/t10?,14-,18-,36-/m1/s1. The van der Waals surface area contributed by atoms with Gasteiger partial charge in [-0.1, -0.05) is 5.16 Å². The summed E-state index contributed by atoms with van der Waals surface area (Å²) in [6.45, 7) is 1.82. The van der Waals surface area contributed by atoms with E-state index in [9.17, 15) is 28.2 Å². The van der Waals surface area contributed by atoms with Gasteiger partial charge in [0.2, 0.25) is 12.0 Å². The number of oxime groups is 1. The molecule has 0 radical (unpaired) electrons. The number of nitrogens with two attached hydrogens (primary N) is 1. The number of primary amides is 1. The van der Waals surface area contributed by atoms with Crippen LogP contribution in [0.4, 0.5) is 4.79 Å². The van der Waals surface area contributed by atoms with Crippen molar-refractivity contribution in [2.24, 2.45) is 10.9 Å². The Morgan fingerprint density at radius 1 is 1.33 bits per heavy atom. The molecule has 0 bridgehead atoms. The Kier molecular flexibility index (Phi) is 8.08. The largest absolute Gasteiger partial charge is 0.462 e. The lowest BCUT2D eigenvalue weighted by molar-refractivity contribution is -0.182. The highest BCUT2D eigenvalue weighted by molar-refractivity contribution is 7.86. The Balaban J connectivity index is 1.87. The van der Waals surface area contributed by atoms with Crippen LogP contribution in [0.15, 0.2) is 39.2 Å². The summed E-state index contributed by atoms with van der Waals surface area (Å²) in [7, 11) is -0.634. The number of rotatable bonds is 9. The molecule has 1 unspecified atom stereocenters. The molecule has 0 spiro atoms. The van der Waals surface area contributed by atoms with Crippen molar-refractivity contribution in [2.75, 3.05) is 19.5 Å². The fraction of sp³-hybridized carbons (Fsp3) is 0.400. The van der Waals surface area contributed by atoms with Gasteiger partial charge in [-0.3, -0.25) is 23.5 Å². The van der Waals surface area contributed by atoms with Gasteiger partial charge in [-0.05, 0) is 12.1 Å². The summed E-state index contributed by atoms with van der Waals surface area (Å²) in [5.74, 6) is -3.75. The van der Waals surface area contributed by atoms with Gasteiger partial charge in [0.05, 0.1) is 22.8 Å². The van der Waals surface area contributed by atoms with Crippen molar-refractivity contribution in [3.05, 3.63) is 35.4 Å². The number of nitrogens with zero attached hydrogens (tertiary/aromatic N) is 2. The van der Waals surface area contributed by atoms with Gasteiger partial charge in [0.1, 0.15) is 30.8 Å². The molecule has 16 heteroatoms. The minimum Gasteiger partial charge on any atom is -0.462 e. The molecule has 194 valence electrons. The first-order chi connectivity index (χ1) is 17.0. The number of ether oxygens (including phenoxy) is 3. The number of nitrogens with one attached hydrogen (secondary N) is 1. The number of fused-ring (bicyclic) bond motifs is 1. The van der Waals surface area contributed by atoms with Crippen molar-refractivity contribution in [3.8, 4) is 0 Å². The highest BCUT2D eigenvalue weighted by Crippen LogP contribution is 2.35. The quantitative estimate of drug-likeness (QED) is 0.129. The topological polar surface area (TPSA) is 206 Å². The molecular weight excluding hydrogens is 504 g/mol. The van der Waals surface area contributed by atoms with Crippen molar-refractivity contribution in [2.45, 2.75) is 31.6 Å². The molecule has 0 saturated carbocycles. The SMILES string of the molecule is CO/N=C(\C(=O)N[C@@H]1C(=O)N2C(C(=O)OC(C)OC(C)=O)=C(COC(N)=O)C[S@@](=O)[C@H]12)c1ccco1. The van der Waals surface area contributed by atoms with Gasteiger partial charge in [-0.25, -0.2) is 9.59 Å². The zero-order valence-electron chi connectivity index (χ0n) is 19.2. The number of esters is 2. The molecule has 4 atom stereocenters. The minimum atomic E-state index is -1.84. The number of furan rings is 1. The average Bonchev–Trinajstić information content (AvgIpc) is 3.32. The smallest absolute Gasteiger partial charge is 0.404 e. The summed E-state index contributed by atoms with van der Waals surface area (Å²) < 4.78 is 32.7. The van der Waals surface area contributed by atoms with E-state index >= 15 is 0 Å². The first kappa shape index (κ1) is 26.4. The molecule has 3 rings (SSSR count). The third-order valence-corrected chi connectivity index (χ3v) is 6.49. The number of carbonyl (C=O) groups is 5. The minimum absolute atomic E-state index is 0.0150. The second kappa shape index (κ2) is 11.0. The number of β-lactam (4-membered cyclic amide) rings is 1. The van der Waals surface area contributed by atoms with Gasteiger partial charge in [-0.15, -0.1) is 0 Å². The Labute approximate surface area is 205 Å². The lowest BCUT2D eigenvalue weighted by atomic mass is 10.0. The number of amides is 3.